The van der Waals surface area contributed by atoms with E-state index in [9.17, 15) is 4.79 Å². The van der Waals surface area contributed by atoms with Gasteiger partial charge in [-0.1, -0.05) is 110 Å². The van der Waals surface area contributed by atoms with Gasteiger partial charge in [-0.2, -0.15) is 0 Å². The summed E-state index contributed by atoms with van der Waals surface area (Å²) < 4.78 is 0. The van der Waals surface area contributed by atoms with Crippen LogP contribution in [0.4, 0.5) is 0 Å². The summed E-state index contributed by atoms with van der Waals surface area (Å²) in [5, 5.41) is 3.02. The number of hydrogen-bond acceptors (Lipinski definition) is 2. The van der Waals surface area contributed by atoms with E-state index in [0.717, 1.165) is 6.42 Å². The fourth-order valence-corrected chi connectivity index (χ4v) is 3.44. The van der Waals surface area contributed by atoms with Crippen LogP contribution in [0.1, 0.15) is 129 Å². The molecule has 1 atom stereocenters. The van der Waals surface area contributed by atoms with Crippen LogP contribution in [0.25, 0.3) is 0 Å². The highest BCUT2D eigenvalue weighted by Gasteiger charge is 2.07. The average Bonchev–Trinajstić information content (AvgIpc) is 2.64. The van der Waals surface area contributed by atoms with E-state index >= 15 is 0 Å². The number of carbonyl (C=O) groups is 1. The molecule has 0 bridgehead atoms. The van der Waals surface area contributed by atoms with Crippen molar-refractivity contribution in [1.82, 2.24) is 10.2 Å². The second kappa shape index (κ2) is 20.2. The molecule has 162 valence electrons. The average molecular weight is 383 g/mol. The molecule has 1 amide bonds. The number of carbonyl (C=O) groups excluding carboxylic acids is 1. The maximum atomic E-state index is 11.8. The van der Waals surface area contributed by atoms with Gasteiger partial charge in [-0.15, -0.1) is 0 Å². The van der Waals surface area contributed by atoms with Gasteiger partial charge in [0.25, 0.3) is 0 Å². The molecular formula is C24H50N2O. The molecule has 3 nitrogen and oxygen atoms in total. The number of hydrogen-bond donors (Lipinski definition) is 1. The lowest BCUT2D eigenvalue weighted by atomic mass is 10.0. The third kappa shape index (κ3) is 20.0. The lowest BCUT2D eigenvalue weighted by Crippen LogP contribution is -2.42. The second-order valence-corrected chi connectivity index (χ2v) is 8.61. The largest absolute Gasteiger partial charge is 0.341 e. The molecule has 27 heavy (non-hydrogen) atoms. The lowest BCUT2D eigenvalue weighted by molar-refractivity contribution is -0.122. The van der Waals surface area contributed by atoms with Crippen molar-refractivity contribution in [2.24, 2.45) is 0 Å². The molecule has 0 rings (SSSR count). The minimum absolute atomic E-state index is 0.128. The first-order valence-corrected chi connectivity index (χ1v) is 12.0. The van der Waals surface area contributed by atoms with Gasteiger partial charge in [-0.3, -0.25) is 9.69 Å². The third-order valence-electron chi connectivity index (χ3n) is 5.65. The van der Waals surface area contributed by atoms with Crippen LogP contribution in [-0.2, 0) is 4.79 Å². The monoisotopic (exact) mass is 382 g/mol. The van der Waals surface area contributed by atoms with E-state index in [1.165, 1.54) is 103 Å². The Hall–Kier alpha value is -0.570. The van der Waals surface area contributed by atoms with Gasteiger partial charge in [0.1, 0.15) is 0 Å². The summed E-state index contributed by atoms with van der Waals surface area (Å²) in [6.45, 7) is 4.31. The van der Waals surface area contributed by atoms with Crippen molar-refractivity contribution < 1.29 is 4.79 Å². The number of amides is 1. The molecule has 0 heterocycles. The van der Waals surface area contributed by atoms with Crippen LogP contribution in [0.2, 0.25) is 0 Å². The maximum Gasteiger partial charge on any atom is 0.221 e. The second-order valence-electron chi connectivity index (χ2n) is 8.61. The highest BCUT2D eigenvalue weighted by Crippen LogP contribution is 2.14. The van der Waals surface area contributed by atoms with E-state index in [1.54, 1.807) is 0 Å². The maximum absolute atomic E-state index is 11.8. The molecule has 1 N–H and O–H groups in total. The summed E-state index contributed by atoms with van der Waals surface area (Å²) >= 11 is 0. The van der Waals surface area contributed by atoms with E-state index in [1.807, 2.05) is 25.9 Å². The van der Waals surface area contributed by atoms with Gasteiger partial charge in [0.05, 0.1) is 6.17 Å². The summed E-state index contributed by atoms with van der Waals surface area (Å²) in [6.07, 6.45) is 24.2. The Balaban J connectivity index is 3.16. The van der Waals surface area contributed by atoms with Crippen molar-refractivity contribution >= 4 is 5.91 Å². The Morgan fingerprint density at radius 1 is 0.667 bits per heavy atom. The number of nitrogens with one attached hydrogen (secondary N) is 1. The SMILES string of the molecule is CCCCCCCCCCCCCCCCCCCC(=O)NC(C)N(C)C. The zero-order chi connectivity index (χ0) is 20.2. The lowest BCUT2D eigenvalue weighted by Gasteiger charge is -2.20. The zero-order valence-corrected chi connectivity index (χ0v) is 19.2. The normalized spacial score (nSPS) is 12.5. The molecule has 3 heteroatoms. The number of unbranched alkanes of at least 4 members (excludes halogenated alkanes) is 16. The molecule has 0 aliphatic rings. The van der Waals surface area contributed by atoms with Crippen molar-refractivity contribution in [2.45, 2.75) is 136 Å². The predicted octanol–water partition coefficient (Wildman–Crippen LogP) is 7.05. The summed E-state index contributed by atoms with van der Waals surface area (Å²) in [7, 11) is 3.97. The molecule has 1 unspecified atom stereocenters. The van der Waals surface area contributed by atoms with Crippen molar-refractivity contribution in [1.29, 1.82) is 0 Å². The van der Waals surface area contributed by atoms with Crippen LogP contribution >= 0.6 is 0 Å². The quantitative estimate of drug-likeness (QED) is 0.181. The van der Waals surface area contributed by atoms with Gasteiger partial charge >= 0.3 is 0 Å². The Kier molecular flexibility index (Phi) is 19.7. The van der Waals surface area contributed by atoms with Crippen LogP contribution < -0.4 is 5.32 Å². The van der Waals surface area contributed by atoms with Crippen LogP contribution in [0.5, 0.6) is 0 Å². The van der Waals surface area contributed by atoms with E-state index in [2.05, 4.69) is 12.2 Å². The standard InChI is InChI=1S/C24H50N2O/c1-5-6-7-8-9-10-11-12-13-14-15-16-17-18-19-20-21-22-24(27)25-23(2)26(3)4/h23H,5-22H2,1-4H3,(H,25,27). The van der Waals surface area contributed by atoms with Crippen LogP contribution in [0, 0.1) is 0 Å². The molecule has 0 aliphatic carbocycles. The minimum atomic E-state index is 0.128. The molecule has 0 spiro atoms. The molecular weight excluding hydrogens is 332 g/mol. The van der Waals surface area contributed by atoms with Gasteiger partial charge in [0, 0.05) is 6.42 Å². The van der Waals surface area contributed by atoms with Crippen molar-refractivity contribution in [2.75, 3.05) is 14.1 Å². The van der Waals surface area contributed by atoms with Gasteiger partial charge in [0.2, 0.25) is 5.91 Å². The van der Waals surface area contributed by atoms with Gasteiger partial charge in [-0.25, -0.2) is 0 Å². The van der Waals surface area contributed by atoms with Crippen molar-refractivity contribution in [3.05, 3.63) is 0 Å². The molecule has 0 saturated heterocycles. The highest BCUT2D eigenvalue weighted by molar-refractivity contribution is 5.76. The summed E-state index contributed by atoms with van der Waals surface area (Å²) in [5.74, 6) is 0.192. The summed E-state index contributed by atoms with van der Waals surface area (Å²) in [4.78, 5) is 13.8. The van der Waals surface area contributed by atoms with E-state index < -0.39 is 0 Å². The zero-order valence-electron chi connectivity index (χ0n) is 19.2. The first kappa shape index (κ1) is 26.4. The Morgan fingerprint density at radius 3 is 1.33 bits per heavy atom. The van der Waals surface area contributed by atoms with E-state index in [4.69, 9.17) is 0 Å². The molecule has 0 fully saturated rings. The van der Waals surface area contributed by atoms with Crippen LogP contribution in [0.15, 0.2) is 0 Å². The van der Waals surface area contributed by atoms with Crippen molar-refractivity contribution in [3.63, 3.8) is 0 Å². The summed E-state index contributed by atoms with van der Waals surface area (Å²) in [5.41, 5.74) is 0. The van der Waals surface area contributed by atoms with E-state index in [-0.39, 0.29) is 12.1 Å². The van der Waals surface area contributed by atoms with Crippen LogP contribution in [-0.4, -0.2) is 31.1 Å². The molecule has 0 aromatic carbocycles. The molecule has 0 aliphatic heterocycles. The van der Waals surface area contributed by atoms with Crippen molar-refractivity contribution in [3.8, 4) is 0 Å². The third-order valence-corrected chi connectivity index (χ3v) is 5.65. The molecule has 0 aromatic heterocycles. The fraction of sp³-hybridized carbons (Fsp3) is 0.958. The molecule has 0 saturated carbocycles. The Labute approximate surface area is 171 Å². The molecule has 0 radical (unpaired) electrons. The van der Waals surface area contributed by atoms with Gasteiger partial charge < -0.3 is 5.32 Å². The van der Waals surface area contributed by atoms with Crippen LogP contribution in [0.3, 0.4) is 0 Å². The first-order valence-electron chi connectivity index (χ1n) is 12.0. The topological polar surface area (TPSA) is 32.3 Å². The highest BCUT2D eigenvalue weighted by atomic mass is 16.1. The van der Waals surface area contributed by atoms with E-state index in [0.29, 0.717) is 6.42 Å². The Bertz CT molecular complexity index is 318. The number of nitrogens with zero attached hydrogens (tertiary/aromatic N) is 1. The van der Waals surface area contributed by atoms with Gasteiger partial charge in [-0.05, 0) is 27.4 Å². The predicted molar refractivity (Wildman–Crippen MR) is 120 cm³/mol. The number of rotatable bonds is 20. The fourth-order valence-electron chi connectivity index (χ4n) is 3.44. The molecule has 0 aromatic rings. The van der Waals surface area contributed by atoms with Gasteiger partial charge in [0.15, 0.2) is 0 Å². The minimum Gasteiger partial charge on any atom is -0.341 e. The Morgan fingerprint density at radius 2 is 1.00 bits per heavy atom. The smallest absolute Gasteiger partial charge is 0.221 e. The summed E-state index contributed by atoms with van der Waals surface area (Å²) in [6, 6.07) is 0. The first-order chi connectivity index (χ1) is 13.1.